The molecule has 0 spiro atoms. The van der Waals surface area contributed by atoms with Gasteiger partial charge in [-0.1, -0.05) is 0 Å². The molecule has 0 aromatic carbocycles. The molecule has 2 heterocycles. The Labute approximate surface area is 122 Å². The Morgan fingerprint density at radius 2 is 2.30 bits per heavy atom. The van der Waals surface area contributed by atoms with Crippen LogP contribution in [-0.2, 0) is 23.0 Å². The van der Waals surface area contributed by atoms with Crippen LogP contribution in [0.5, 0.6) is 0 Å². The standard InChI is InChI=1S/C12H18N4O2S2/c1-9-11(7-14-16-9)3-2-4-15-20(17,18)12-5-10(6-13)8-19-12/h5,7-8,15H,2-4,6,13H2,1H3,(H,14,16). The molecule has 0 radical (unpaired) electrons. The summed E-state index contributed by atoms with van der Waals surface area (Å²) in [6.45, 7) is 2.71. The molecular weight excluding hydrogens is 296 g/mol. The lowest BCUT2D eigenvalue weighted by atomic mass is 10.1. The Morgan fingerprint density at radius 1 is 1.50 bits per heavy atom. The van der Waals surface area contributed by atoms with Gasteiger partial charge in [-0.3, -0.25) is 5.10 Å². The van der Waals surface area contributed by atoms with Gasteiger partial charge in [0.25, 0.3) is 0 Å². The number of rotatable bonds is 7. The number of H-pyrrole nitrogens is 1. The molecule has 0 unspecified atom stereocenters. The smallest absolute Gasteiger partial charge is 0.250 e. The number of thiophene rings is 1. The zero-order valence-corrected chi connectivity index (χ0v) is 12.9. The van der Waals surface area contributed by atoms with Crippen molar-refractivity contribution in [3.63, 3.8) is 0 Å². The Kier molecular flexibility index (Phi) is 4.92. The van der Waals surface area contributed by atoms with Crippen molar-refractivity contribution in [2.75, 3.05) is 6.54 Å². The van der Waals surface area contributed by atoms with Gasteiger partial charge in [0, 0.05) is 18.8 Å². The van der Waals surface area contributed by atoms with Gasteiger partial charge in [0.15, 0.2) is 0 Å². The number of nitrogens with one attached hydrogen (secondary N) is 2. The van der Waals surface area contributed by atoms with Crippen LogP contribution in [0.25, 0.3) is 0 Å². The highest BCUT2D eigenvalue weighted by Gasteiger charge is 2.15. The number of aryl methyl sites for hydroxylation is 2. The lowest BCUT2D eigenvalue weighted by molar-refractivity contribution is 0.581. The maximum atomic E-state index is 12.0. The Balaban J connectivity index is 1.85. The van der Waals surface area contributed by atoms with Crippen LogP contribution in [0, 0.1) is 6.92 Å². The second-order valence-electron chi connectivity index (χ2n) is 4.50. The van der Waals surface area contributed by atoms with Gasteiger partial charge in [-0.05, 0) is 42.3 Å². The first-order valence-electron chi connectivity index (χ1n) is 6.29. The highest BCUT2D eigenvalue weighted by Crippen LogP contribution is 2.19. The predicted octanol–water partition coefficient (Wildman–Crippen LogP) is 1.15. The van der Waals surface area contributed by atoms with Crippen LogP contribution in [0.2, 0.25) is 0 Å². The summed E-state index contributed by atoms with van der Waals surface area (Å²) in [7, 11) is -3.41. The van der Waals surface area contributed by atoms with Crippen LogP contribution in [0.3, 0.4) is 0 Å². The van der Waals surface area contributed by atoms with E-state index in [1.807, 2.05) is 6.92 Å². The number of hydrogen-bond acceptors (Lipinski definition) is 5. The van der Waals surface area contributed by atoms with Crippen molar-refractivity contribution < 1.29 is 8.42 Å². The molecule has 6 nitrogen and oxygen atoms in total. The van der Waals surface area contributed by atoms with E-state index in [0.29, 0.717) is 17.3 Å². The molecule has 0 amide bonds. The molecule has 0 saturated carbocycles. The molecule has 0 aliphatic carbocycles. The summed E-state index contributed by atoms with van der Waals surface area (Å²) < 4.78 is 27.0. The van der Waals surface area contributed by atoms with Crippen LogP contribution in [-0.4, -0.2) is 25.2 Å². The van der Waals surface area contributed by atoms with Crippen molar-refractivity contribution in [2.24, 2.45) is 5.73 Å². The molecule has 2 rings (SSSR count). The third kappa shape index (κ3) is 3.66. The first-order valence-corrected chi connectivity index (χ1v) is 8.65. The fraction of sp³-hybridized carbons (Fsp3) is 0.417. The summed E-state index contributed by atoms with van der Waals surface area (Å²) >= 11 is 1.19. The molecule has 0 saturated heterocycles. The van der Waals surface area contributed by atoms with E-state index >= 15 is 0 Å². The zero-order chi connectivity index (χ0) is 14.6. The second kappa shape index (κ2) is 6.49. The van der Waals surface area contributed by atoms with Crippen LogP contribution in [0.15, 0.2) is 21.9 Å². The van der Waals surface area contributed by atoms with E-state index in [4.69, 9.17) is 5.73 Å². The van der Waals surface area contributed by atoms with Crippen molar-refractivity contribution >= 4 is 21.4 Å². The predicted molar refractivity (Wildman–Crippen MR) is 79.0 cm³/mol. The topological polar surface area (TPSA) is 101 Å². The van der Waals surface area contributed by atoms with E-state index < -0.39 is 10.0 Å². The molecule has 0 aliphatic rings. The van der Waals surface area contributed by atoms with Gasteiger partial charge in [-0.15, -0.1) is 11.3 Å². The highest BCUT2D eigenvalue weighted by atomic mass is 32.2. The molecule has 2 aromatic heterocycles. The fourth-order valence-corrected chi connectivity index (χ4v) is 4.13. The number of nitrogens with two attached hydrogens (primary N) is 1. The summed E-state index contributed by atoms with van der Waals surface area (Å²) in [5.74, 6) is 0. The van der Waals surface area contributed by atoms with Crippen molar-refractivity contribution in [1.82, 2.24) is 14.9 Å². The van der Waals surface area contributed by atoms with E-state index in [1.165, 1.54) is 11.3 Å². The quantitative estimate of drug-likeness (QED) is 0.667. The van der Waals surface area contributed by atoms with Crippen molar-refractivity contribution in [1.29, 1.82) is 0 Å². The summed E-state index contributed by atoms with van der Waals surface area (Å²) in [5, 5.41) is 8.56. The van der Waals surface area contributed by atoms with Crippen LogP contribution in [0.4, 0.5) is 0 Å². The maximum Gasteiger partial charge on any atom is 0.250 e. The summed E-state index contributed by atoms with van der Waals surface area (Å²) in [6.07, 6.45) is 3.30. The molecule has 0 aliphatic heterocycles. The van der Waals surface area contributed by atoms with Gasteiger partial charge >= 0.3 is 0 Å². The number of aromatic amines is 1. The minimum Gasteiger partial charge on any atom is -0.326 e. The SMILES string of the molecule is Cc1[nH]ncc1CCCNS(=O)(=O)c1cc(CN)cs1. The van der Waals surface area contributed by atoms with E-state index in [0.717, 1.165) is 29.7 Å². The maximum absolute atomic E-state index is 12.0. The average Bonchev–Trinajstić information content (AvgIpc) is 3.04. The third-order valence-corrected chi connectivity index (χ3v) is 5.93. The van der Waals surface area contributed by atoms with Gasteiger partial charge < -0.3 is 5.73 Å². The first-order chi connectivity index (χ1) is 9.53. The third-order valence-electron chi connectivity index (χ3n) is 2.98. The van der Waals surface area contributed by atoms with E-state index in [1.54, 1.807) is 17.6 Å². The molecule has 2 aromatic rings. The van der Waals surface area contributed by atoms with Gasteiger partial charge in [0.1, 0.15) is 4.21 Å². The largest absolute Gasteiger partial charge is 0.326 e. The number of nitrogens with zero attached hydrogens (tertiary/aromatic N) is 1. The summed E-state index contributed by atoms with van der Waals surface area (Å²) in [6, 6.07) is 1.62. The van der Waals surface area contributed by atoms with E-state index in [9.17, 15) is 8.42 Å². The van der Waals surface area contributed by atoms with Gasteiger partial charge in [0.05, 0.1) is 6.20 Å². The molecule has 0 bridgehead atoms. The van der Waals surface area contributed by atoms with Crippen LogP contribution in [0.1, 0.15) is 23.2 Å². The summed E-state index contributed by atoms with van der Waals surface area (Å²) in [5.41, 5.74) is 8.46. The summed E-state index contributed by atoms with van der Waals surface area (Å²) in [4.78, 5) is 0. The highest BCUT2D eigenvalue weighted by molar-refractivity contribution is 7.91. The molecule has 4 N–H and O–H groups in total. The minimum atomic E-state index is -3.41. The fourth-order valence-electron chi connectivity index (χ4n) is 1.79. The van der Waals surface area contributed by atoms with Crippen molar-refractivity contribution in [3.8, 4) is 0 Å². The molecule has 20 heavy (non-hydrogen) atoms. The molecular formula is C12H18N4O2S2. The van der Waals surface area contributed by atoms with Gasteiger partial charge in [0.2, 0.25) is 10.0 Å². The zero-order valence-electron chi connectivity index (χ0n) is 11.2. The van der Waals surface area contributed by atoms with E-state index in [-0.39, 0.29) is 0 Å². The van der Waals surface area contributed by atoms with Gasteiger partial charge in [-0.25, -0.2) is 13.1 Å². The molecule has 110 valence electrons. The number of hydrogen-bond donors (Lipinski definition) is 3. The van der Waals surface area contributed by atoms with Crippen LogP contribution >= 0.6 is 11.3 Å². The minimum absolute atomic E-state index is 0.317. The second-order valence-corrected chi connectivity index (χ2v) is 7.40. The monoisotopic (exact) mass is 314 g/mol. The average molecular weight is 314 g/mol. The molecule has 0 fully saturated rings. The van der Waals surface area contributed by atoms with Gasteiger partial charge in [-0.2, -0.15) is 5.10 Å². The van der Waals surface area contributed by atoms with Crippen molar-refractivity contribution in [3.05, 3.63) is 34.5 Å². The first kappa shape index (κ1) is 15.2. The van der Waals surface area contributed by atoms with E-state index in [2.05, 4.69) is 14.9 Å². The number of sulfonamides is 1. The normalized spacial score (nSPS) is 11.9. The number of aromatic nitrogens is 2. The Bertz CT molecular complexity index is 661. The van der Waals surface area contributed by atoms with Crippen LogP contribution < -0.4 is 10.5 Å². The lowest BCUT2D eigenvalue weighted by Crippen LogP contribution is -2.24. The molecule has 0 atom stereocenters. The lowest BCUT2D eigenvalue weighted by Gasteiger charge is -2.04. The Hall–Kier alpha value is -1.22. The Morgan fingerprint density at radius 3 is 2.90 bits per heavy atom. The van der Waals surface area contributed by atoms with Crippen molar-refractivity contribution in [2.45, 2.75) is 30.5 Å². The molecule has 8 heteroatoms.